The van der Waals surface area contributed by atoms with Crippen molar-refractivity contribution < 1.29 is 0 Å². The Hall–Kier alpha value is -0.0800. The minimum atomic E-state index is 0.634. The molecule has 2 aliphatic rings. The molecule has 0 aromatic heterocycles. The van der Waals surface area contributed by atoms with E-state index in [4.69, 9.17) is 0 Å². The third-order valence-corrected chi connectivity index (χ3v) is 4.87. The van der Waals surface area contributed by atoms with Gasteiger partial charge in [-0.25, -0.2) is 0 Å². The van der Waals surface area contributed by atoms with Gasteiger partial charge in [0.15, 0.2) is 0 Å². The van der Waals surface area contributed by atoms with Crippen LogP contribution in [0.1, 0.15) is 59.8 Å². The van der Waals surface area contributed by atoms with E-state index in [1.54, 1.807) is 0 Å². The standard InChI is InChI=1S/C15H30N2/c1-5-14-8-6-12(4)17(14)15-9-7-13(15)10-16-11(2)3/h11-16H,5-10H2,1-4H3. The Kier molecular flexibility index (Phi) is 4.48. The number of hydrogen-bond donors (Lipinski definition) is 1. The summed E-state index contributed by atoms with van der Waals surface area (Å²) in [6.45, 7) is 10.5. The zero-order chi connectivity index (χ0) is 12.4. The van der Waals surface area contributed by atoms with Gasteiger partial charge in [-0.1, -0.05) is 20.8 Å². The van der Waals surface area contributed by atoms with Crippen LogP contribution in [0.4, 0.5) is 0 Å². The molecule has 1 saturated carbocycles. The van der Waals surface area contributed by atoms with Crippen molar-refractivity contribution in [3.05, 3.63) is 0 Å². The Balaban J connectivity index is 1.88. The van der Waals surface area contributed by atoms with Crippen molar-refractivity contribution in [1.82, 2.24) is 10.2 Å². The highest BCUT2D eigenvalue weighted by atomic mass is 15.2. The molecular formula is C15H30N2. The number of rotatable bonds is 5. The van der Waals surface area contributed by atoms with Crippen molar-refractivity contribution in [2.75, 3.05) is 6.54 Å². The van der Waals surface area contributed by atoms with Crippen molar-refractivity contribution in [2.45, 2.75) is 84.0 Å². The molecule has 100 valence electrons. The lowest BCUT2D eigenvalue weighted by atomic mass is 9.77. The first-order valence-electron chi connectivity index (χ1n) is 7.64. The van der Waals surface area contributed by atoms with Crippen LogP contribution in [0.2, 0.25) is 0 Å². The van der Waals surface area contributed by atoms with Crippen LogP contribution in [0.5, 0.6) is 0 Å². The highest BCUT2D eigenvalue weighted by molar-refractivity contribution is 4.97. The fourth-order valence-electron chi connectivity index (χ4n) is 3.67. The van der Waals surface area contributed by atoms with Crippen LogP contribution in [0.25, 0.3) is 0 Å². The van der Waals surface area contributed by atoms with Crippen LogP contribution in [0, 0.1) is 5.92 Å². The fraction of sp³-hybridized carbons (Fsp3) is 1.00. The van der Waals surface area contributed by atoms with Crippen LogP contribution >= 0.6 is 0 Å². The van der Waals surface area contributed by atoms with Gasteiger partial charge in [-0.05, 0) is 51.5 Å². The van der Waals surface area contributed by atoms with E-state index in [1.807, 2.05) is 0 Å². The second-order valence-corrected chi connectivity index (χ2v) is 6.40. The Labute approximate surface area is 107 Å². The molecule has 0 spiro atoms. The van der Waals surface area contributed by atoms with Gasteiger partial charge in [-0.2, -0.15) is 0 Å². The second-order valence-electron chi connectivity index (χ2n) is 6.40. The lowest BCUT2D eigenvalue weighted by molar-refractivity contribution is 0.0251. The Morgan fingerprint density at radius 3 is 2.47 bits per heavy atom. The predicted octanol–water partition coefficient (Wildman–Crippen LogP) is 3.03. The van der Waals surface area contributed by atoms with Crippen LogP contribution in [-0.2, 0) is 0 Å². The molecular weight excluding hydrogens is 208 g/mol. The first kappa shape index (κ1) is 13.4. The monoisotopic (exact) mass is 238 g/mol. The van der Waals surface area contributed by atoms with Gasteiger partial charge < -0.3 is 5.32 Å². The largest absolute Gasteiger partial charge is 0.314 e. The normalized spacial score (nSPS) is 38.6. The maximum atomic E-state index is 3.62. The van der Waals surface area contributed by atoms with E-state index in [1.165, 1.54) is 38.6 Å². The van der Waals surface area contributed by atoms with Crippen LogP contribution in [-0.4, -0.2) is 35.6 Å². The van der Waals surface area contributed by atoms with E-state index in [-0.39, 0.29) is 0 Å². The molecule has 2 nitrogen and oxygen atoms in total. The Morgan fingerprint density at radius 1 is 1.18 bits per heavy atom. The van der Waals surface area contributed by atoms with Crippen molar-refractivity contribution >= 4 is 0 Å². The molecule has 0 bridgehead atoms. The minimum Gasteiger partial charge on any atom is -0.314 e. The SMILES string of the molecule is CCC1CCC(C)N1C1CCC1CNC(C)C. The maximum absolute atomic E-state index is 3.62. The topological polar surface area (TPSA) is 15.3 Å². The van der Waals surface area contributed by atoms with E-state index < -0.39 is 0 Å². The van der Waals surface area contributed by atoms with Gasteiger partial charge in [0, 0.05) is 24.2 Å². The first-order valence-corrected chi connectivity index (χ1v) is 7.64. The summed E-state index contributed by atoms with van der Waals surface area (Å²) in [6, 6.07) is 3.21. The quantitative estimate of drug-likeness (QED) is 0.792. The van der Waals surface area contributed by atoms with E-state index in [0.29, 0.717) is 6.04 Å². The molecule has 1 aliphatic heterocycles. The van der Waals surface area contributed by atoms with Crippen LogP contribution in [0.15, 0.2) is 0 Å². The van der Waals surface area contributed by atoms with E-state index in [2.05, 4.69) is 37.9 Å². The van der Waals surface area contributed by atoms with E-state index >= 15 is 0 Å². The van der Waals surface area contributed by atoms with E-state index in [9.17, 15) is 0 Å². The summed E-state index contributed by atoms with van der Waals surface area (Å²) in [5, 5.41) is 3.62. The minimum absolute atomic E-state index is 0.634. The second kappa shape index (κ2) is 5.71. The maximum Gasteiger partial charge on any atom is 0.0141 e. The molecule has 0 radical (unpaired) electrons. The molecule has 0 aromatic rings. The highest BCUT2D eigenvalue weighted by Gasteiger charge is 2.42. The Bertz CT molecular complexity index is 239. The lowest BCUT2D eigenvalue weighted by Gasteiger charge is -2.47. The lowest BCUT2D eigenvalue weighted by Crippen LogP contribution is -2.54. The smallest absolute Gasteiger partial charge is 0.0141 e. The van der Waals surface area contributed by atoms with Gasteiger partial charge in [0.25, 0.3) is 0 Å². The summed E-state index contributed by atoms with van der Waals surface area (Å²) < 4.78 is 0. The summed E-state index contributed by atoms with van der Waals surface area (Å²) in [4.78, 5) is 2.86. The van der Waals surface area contributed by atoms with Gasteiger partial charge in [0.1, 0.15) is 0 Å². The summed E-state index contributed by atoms with van der Waals surface area (Å²) >= 11 is 0. The molecule has 0 amide bonds. The number of nitrogens with one attached hydrogen (secondary N) is 1. The van der Waals surface area contributed by atoms with E-state index in [0.717, 1.165) is 24.0 Å². The van der Waals surface area contributed by atoms with Crippen molar-refractivity contribution in [3.8, 4) is 0 Å². The molecule has 4 atom stereocenters. The van der Waals surface area contributed by atoms with Gasteiger partial charge in [0.2, 0.25) is 0 Å². The van der Waals surface area contributed by atoms with Gasteiger partial charge in [-0.3, -0.25) is 4.90 Å². The van der Waals surface area contributed by atoms with Gasteiger partial charge in [-0.15, -0.1) is 0 Å². The van der Waals surface area contributed by atoms with Gasteiger partial charge in [0.05, 0.1) is 0 Å². The molecule has 2 fully saturated rings. The molecule has 17 heavy (non-hydrogen) atoms. The third kappa shape index (κ3) is 2.85. The van der Waals surface area contributed by atoms with Crippen molar-refractivity contribution in [3.63, 3.8) is 0 Å². The molecule has 0 aromatic carbocycles. The average molecular weight is 238 g/mol. The van der Waals surface area contributed by atoms with Crippen molar-refractivity contribution in [2.24, 2.45) is 5.92 Å². The predicted molar refractivity (Wildman–Crippen MR) is 74.3 cm³/mol. The summed E-state index contributed by atoms with van der Waals surface area (Å²) in [5.41, 5.74) is 0. The molecule has 1 aliphatic carbocycles. The van der Waals surface area contributed by atoms with Crippen molar-refractivity contribution in [1.29, 1.82) is 0 Å². The number of likely N-dealkylation sites (tertiary alicyclic amines) is 1. The van der Waals surface area contributed by atoms with Crippen LogP contribution < -0.4 is 5.32 Å². The number of hydrogen-bond acceptors (Lipinski definition) is 2. The third-order valence-electron chi connectivity index (χ3n) is 4.87. The molecule has 2 rings (SSSR count). The molecule has 1 N–H and O–H groups in total. The summed E-state index contributed by atoms with van der Waals surface area (Å²) in [7, 11) is 0. The highest BCUT2D eigenvalue weighted by Crippen LogP contribution is 2.39. The summed E-state index contributed by atoms with van der Waals surface area (Å²) in [5.74, 6) is 0.909. The first-order chi connectivity index (χ1) is 8.13. The Morgan fingerprint density at radius 2 is 1.94 bits per heavy atom. The molecule has 2 heteroatoms. The molecule has 1 heterocycles. The molecule has 4 unspecified atom stereocenters. The summed E-state index contributed by atoms with van der Waals surface area (Å²) in [6.07, 6.45) is 7.05. The molecule has 1 saturated heterocycles. The zero-order valence-electron chi connectivity index (χ0n) is 12.1. The fourth-order valence-corrected chi connectivity index (χ4v) is 3.67. The zero-order valence-corrected chi connectivity index (χ0v) is 12.1. The average Bonchev–Trinajstić information content (AvgIpc) is 2.59. The van der Waals surface area contributed by atoms with Gasteiger partial charge >= 0.3 is 0 Å². The number of nitrogens with zero attached hydrogens (tertiary/aromatic N) is 1. The van der Waals surface area contributed by atoms with Crippen LogP contribution in [0.3, 0.4) is 0 Å².